The van der Waals surface area contributed by atoms with Gasteiger partial charge in [0.25, 0.3) is 0 Å². The summed E-state index contributed by atoms with van der Waals surface area (Å²) < 4.78 is 0. The van der Waals surface area contributed by atoms with E-state index in [0.29, 0.717) is 11.5 Å². The number of aliphatic hydroxyl groups is 2. The van der Waals surface area contributed by atoms with Crippen LogP contribution in [0.3, 0.4) is 0 Å². The number of nitrogens with zero attached hydrogens (tertiary/aromatic N) is 6. The van der Waals surface area contributed by atoms with Gasteiger partial charge in [-0.2, -0.15) is 22.0 Å². The molecule has 0 aliphatic carbocycles. The quantitative estimate of drug-likeness (QED) is 0.0583. The molecule has 0 aliphatic rings. The third-order valence-electron chi connectivity index (χ3n) is 10.5. The minimum Gasteiger partial charge on any atom is -0.390 e. The van der Waals surface area contributed by atoms with Crippen LogP contribution in [0.1, 0.15) is 11.1 Å². The van der Waals surface area contributed by atoms with Crippen molar-refractivity contribution >= 4 is 69.7 Å². The number of thioether (sulfide) groups is 1. The second-order valence-corrected chi connectivity index (χ2v) is 16.4. The Balaban J connectivity index is 0.885. The van der Waals surface area contributed by atoms with Gasteiger partial charge in [0.2, 0.25) is 0 Å². The largest absolute Gasteiger partial charge is 0.390 e. The Bertz CT molecular complexity index is 2390. The van der Waals surface area contributed by atoms with Crippen LogP contribution < -0.4 is 19.8 Å². The van der Waals surface area contributed by atoms with Gasteiger partial charge in [0, 0.05) is 45.6 Å². The standard InChI is InChI=1S/C56H52N6O2S/c63-55(41-59(47-19-7-1-8-20-47)57-39-45-31-35-53(36-32-45)61(49-23-11-3-12-24-49)50-25-13-4-14-26-50)43-65-44-56(64)42-60(48-21-9-2-10-22-48)58-40-46-33-37-54(38-34-46)62(51-27-15-5-16-28-51)52-29-17-6-18-30-52/h1-40,55-56,63-64H,41-44H2. The molecule has 324 valence electrons. The number of hydrogen-bond donors (Lipinski definition) is 2. The van der Waals surface area contributed by atoms with E-state index in [1.807, 2.05) is 156 Å². The summed E-state index contributed by atoms with van der Waals surface area (Å²) in [7, 11) is 0. The van der Waals surface area contributed by atoms with Gasteiger partial charge in [-0.25, -0.2) is 0 Å². The number of hydrogen-bond acceptors (Lipinski definition) is 9. The summed E-state index contributed by atoms with van der Waals surface area (Å²) in [6.45, 7) is 0.566. The highest BCUT2D eigenvalue weighted by Crippen LogP contribution is 2.35. The Morgan fingerprint density at radius 1 is 0.338 bits per heavy atom. The zero-order chi connectivity index (χ0) is 44.5. The molecule has 0 amide bonds. The highest BCUT2D eigenvalue weighted by atomic mass is 32.2. The Hall–Kier alpha value is -7.43. The zero-order valence-corrected chi connectivity index (χ0v) is 36.9. The minimum absolute atomic E-state index is 0.283. The maximum atomic E-state index is 11.3. The fraction of sp³-hybridized carbons (Fsp3) is 0.107. The Morgan fingerprint density at radius 2 is 0.585 bits per heavy atom. The van der Waals surface area contributed by atoms with E-state index in [4.69, 9.17) is 10.2 Å². The van der Waals surface area contributed by atoms with Crippen molar-refractivity contribution in [2.24, 2.45) is 10.2 Å². The lowest BCUT2D eigenvalue weighted by Gasteiger charge is -2.25. The van der Waals surface area contributed by atoms with Crippen molar-refractivity contribution in [3.8, 4) is 0 Å². The van der Waals surface area contributed by atoms with Gasteiger partial charge in [-0.3, -0.25) is 10.0 Å². The van der Waals surface area contributed by atoms with Gasteiger partial charge < -0.3 is 20.0 Å². The molecule has 0 heterocycles. The van der Waals surface area contributed by atoms with Gasteiger partial charge in [0.05, 0.1) is 49.1 Å². The molecule has 8 rings (SSSR count). The van der Waals surface area contributed by atoms with E-state index in [1.165, 1.54) is 11.8 Å². The molecular formula is C56H52N6O2S. The first kappa shape index (κ1) is 44.2. The third kappa shape index (κ3) is 12.4. The topological polar surface area (TPSA) is 78.1 Å². The van der Waals surface area contributed by atoms with Crippen LogP contribution >= 0.6 is 11.8 Å². The van der Waals surface area contributed by atoms with Gasteiger partial charge in [-0.1, -0.05) is 133 Å². The van der Waals surface area contributed by atoms with E-state index in [9.17, 15) is 10.2 Å². The molecule has 0 saturated heterocycles. The number of aliphatic hydroxyl groups excluding tert-OH is 2. The number of benzene rings is 8. The summed E-state index contributed by atoms with van der Waals surface area (Å²) in [6, 6.07) is 77.6. The van der Waals surface area contributed by atoms with Crippen molar-refractivity contribution in [2.45, 2.75) is 12.2 Å². The molecule has 0 fully saturated rings. The van der Waals surface area contributed by atoms with Crippen molar-refractivity contribution < 1.29 is 10.2 Å². The lowest BCUT2D eigenvalue weighted by atomic mass is 10.1. The molecule has 2 atom stereocenters. The fourth-order valence-electron chi connectivity index (χ4n) is 7.38. The van der Waals surface area contributed by atoms with Crippen molar-refractivity contribution in [3.05, 3.63) is 242 Å². The van der Waals surface area contributed by atoms with Gasteiger partial charge in [0.1, 0.15) is 0 Å². The molecule has 9 heteroatoms. The first-order valence-corrected chi connectivity index (χ1v) is 22.9. The maximum absolute atomic E-state index is 11.3. The fourth-order valence-corrected chi connectivity index (χ4v) is 8.27. The molecule has 8 aromatic rings. The second kappa shape index (κ2) is 22.8. The molecule has 0 aliphatic heterocycles. The predicted octanol–water partition coefficient (Wildman–Crippen LogP) is 12.5. The summed E-state index contributed by atoms with van der Waals surface area (Å²) in [4.78, 5) is 4.45. The molecule has 2 unspecified atom stereocenters. The van der Waals surface area contributed by atoms with E-state index >= 15 is 0 Å². The zero-order valence-electron chi connectivity index (χ0n) is 36.1. The number of anilines is 8. The van der Waals surface area contributed by atoms with E-state index in [1.54, 1.807) is 0 Å². The smallest absolute Gasteiger partial charge is 0.0826 e. The van der Waals surface area contributed by atoms with Crippen molar-refractivity contribution in [3.63, 3.8) is 0 Å². The van der Waals surface area contributed by atoms with Crippen LogP contribution in [0.2, 0.25) is 0 Å². The number of para-hydroxylation sites is 6. The van der Waals surface area contributed by atoms with Gasteiger partial charge in [0.15, 0.2) is 0 Å². The summed E-state index contributed by atoms with van der Waals surface area (Å²) in [5.74, 6) is 0.840. The third-order valence-corrected chi connectivity index (χ3v) is 11.8. The average molecular weight is 873 g/mol. The maximum Gasteiger partial charge on any atom is 0.0826 e. The highest BCUT2D eigenvalue weighted by molar-refractivity contribution is 7.99. The Labute approximate surface area is 386 Å². The molecular weight excluding hydrogens is 821 g/mol. The molecule has 0 saturated carbocycles. The predicted molar refractivity (Wildman–Crippen MR) is 274 cm³/mol. The molecule has 0 spiro atoms. The minimum atomic E-state index is -0.705. The Morgan fingerprint density at radius 3 is 0.862 bits per heavy atom. The SMILES string of the molecule is OC(CSCC(O)CN(N=Cc1ccc(N(c2ccccc2)c2ccccc2)cc1)c1ccccc1)CN(N=Cc1ccc(N(c2ccccc2)c2ccccc2)cc1)c1ccccc1. The van der Waals surface area contributed by atoms with Crippen LogP contribution in [0.15, 0.2) is 241 Å². The molecule has 8 aromatic carbocycles. The lowest BCUT2D eigenvalue weighted by Crippen LogP contribution is -2.32. The van der Waals surface area contributed by atoms with Gasteiger partial charge in [-0.15, -0.1) is 0 Å². The molecule has 0 radical (unpaired) electrons. The first-order valence-electron chi connectivity index (χ1n) is 21.7. The first-order chi connectivity index (χ1) is 32.1. The Kier molecular flexibility index (Phi) is 15.5. The van der Waals surface area contributed by atoms with Crippen LogP contribution in [0.25, 0.3) is 0 Å². The monoisotopic (exact) mass is 872 g/mol. The van der Waals surface area contributed by atoms with Crippen molar-refractivity contribution in [2.75, 3.05) is 44.4 Å². The summed E-state index contributed by atoms with van der Waals surface area (Å²) >= 11 is 1.51. The summed E-state index contributed by atoms with van der Waals surface area (Å²) in [5, 5.41) is 36.0. The average Bonchev–Trinajstić information content (AvgIpc) is 3.37. The lowest BCUT2D eigenvalue weighted by molar-refractivity contribution is 0.200. The summed E-state index contributed by atoms with van der Waals surface area (Å²) in [5.41, 5.74) is 9.98. The van der Waals surface area contributed by atoms with Crippen LogP contribution in [-0.2, 0) is 0 Å². The van der Waals surface area contributed by atoms with E-state index in [2.05, 4.69) is 107 Å². The van der Waals surface area contributed by atoms with E-state index in [0.717, 1.165) is 56.6 Å². The van der Waals surface area contributed by atoms with E-state index in [-0.39, 0.29) is 13.1 Å². The molecule has 0 aromatic heterocycles. The van der Waals surface area contributed by atoms with Crippen LogP contribution in [0.4, 0.5) is 45.5 Å². The highest BCUT2D eigenvalue weighted by Gasteiger charge is 2.17. The van der Waals surface area contributed by atoms with Gasteiger partial charge >= 0.3 is 0 Å². The molecule has 65 heavy (non-hydrogen) atoms. The normalized spacial score (nSPS) is 12.2. The van der Waals surface area contributed by atoms with E-state index < -0.39 is 12.2 Å². The van der Waals surface area contributed by atoms with Crippen molar-refractivity contribution in [1.29, 1.82) is 0 Å². The van der Waals surface area contributed by atoms with Crippen LogP contribution in [-0.4, -0.2) is 59.4 Å². The van der Waals surface area contributed by atoms with Crippen LogP contribution in [0.5, 0.6) is 0 Å². The number of hydrazone groups is 2. The molecule has 0 bridgehead atoms. The summed E-state index contributed by atoms with van der Waals surface area (Å²) in [6.07, 6.45) is 2.24. The number of rotatable bonds is 20. The van der Waals surface area contributed by atoms with Gasteiger partial charge in [-0.05, 0) is 108 Å². The molecule has 2 N–H and O–H groups in total. The van der Waals surface area contributed by atoms with Crippen LogP contribution in [0, 0.1) is 0 Å². The van der Waals surface area contributed by atoms with Crippen molar-refractivity contribution in [1.82, 2.24) is 0 Å². The second-order valence-electron chi connectivity index (χ2n) is 15.4. The molecule has 8 nitrogen and oxygen atoms in total.